The molecule has 0 aliphatic heterocycles. The molecule has 3 rings (SSSR count). The lowest BCUT2D eigenvalue weighted by Gasteiger charge is -2.03. The Labute approximate surface area is 146 Å². The van der Waals surface area contributed by atoms with Gasteiger partial charge in [0.25, 0.3) is 5.91 Å². The Morgan fingerprint density at radius 1 is 1.00 bits per heavy atom. The van der Waals surface area contributed by atoms with E-state index >= 15 is 0 Å². The number of hydrogen-bond donors (Lipinski definition) is 0. The summed E-state index contributed by atoms with van der Waals surface area (Å²) in [5.41, 5.74) is 7.10. The zero-order valence-electron chi connectivity index (χ0n) is 14.8. The van der Waals surface area contributed by atoms with E-state index in [0.29, 0.717) is 6.42 Å². The second kappa shape index (κ2) is 6.36. The maximum absolute atomic E-state index is 12.4. The molecule has 0 radical (unpaired) electrons. The van der Waals surface area contributed by atoms with Gasteiger partial charge in [0.05, 0.1) is 16.6 Å². The van der Waals surface area contributed by atoms with Gasteiger partial charge in [-0.3, -0.25) is 4.79 Å². The van der Waals surface area contributed by atoms with E-state index in [-0.39, 0.29) is 5.91 Å². The molecule has 1 amide bonds. The monoisotopic (exact) mass is 338 g/mol. The average molecular weight is 338 g/mol. The zero-order valence-corrected chi connectivity index (χ0v) is 15.6. The Morgan fingerprint density at radius 2 is 1.67 bits per heavy atom. The molecule has 0 spiro atoms. The molecule has 1 aromatic heterocycles. The molecule has 0 fully saturated rings. The molecule has 0 N–H and O–H groups in total. The first-order valence-electron chi connectivity index (χ1n) is 8.05. The second-order valence-corrected chi connectivity index (χ2v) is 7.46. The summed E-state index contributed by atoms with van der Waals surface area (Å²) in [4.78, 5) is 17.5. The fraction of sp³-hybridized carbons (Fsp3) is 0.300. The maximum Gasteiger partial charge on any atom is 0.252 e. The third kappa shape index (κ3) is 3.20. The highest BCUT2D eigenvalue weighted by Crippen LogP contribution is 2.21. The summed E-state index contributed by atoms with van der Waals surface area (Å²) in [7, 11) is 1.97. The molecular formula is C20H22N2OS. The van der Waals surface area contributed by atoms with Crippen molar-refractivity contribution < 1.29 is 4.79 Å². The Bertz CT molecular complexity index is 1010. The molecule has 3 nitrogen and oxygen atoms in total. The van der Waals surface area contributed by atoms with Crippen LogP contribution in [-0.2, 0) is 18.3 Å². The SMILES string of the molecule is Cc1ccc(CC(=O)N=c2sc3cc(C)c(C)cc3n2C)cc1C. The number of nitrogens with zero attached hydrogens (tertiary/aromatic N) is 2. The lowest BCUT2D eigenvalue weighted by molar-refractivity contribution is -0.117. The topological polar surface area (TPSA) is 34.4 Å². The number of amides is 1. The van der Waals surface area contributed by atoms with Gasteiger partial charge in [-0.15, -0.1) is 0 Å². The first-order valence-corrected chi connectivity index (χ1v) is 8.87. The Hall–Kier alpha value is -2.20. The van der Waals surface area contributed by atoms with Crippen LogP contribution in [0.3, 0.4) is 0 Å². The van der Waals surface area contributed by atoms with Crippen molar-refractivity contribution >= 4 is 27.5 Å². The molecule has 0 unspecified atom stereocenters. The quantitative estimate of drug-likeness (QED) is 0.691. The standard InChI is InChI=1S/C20H22N2OS/c1-12-6-7-16(8-13(12)2)11-19(23)21-20-22(5)17-9-14(3)15(4)10-18(17)24-20/h6-10H,11H2,1-5H3. The van der Waals surface area contributed by atoms with Crippen molar-refractivity contribution in [3.63, 3.8) is 0 Å². The van der Waals surface area contributed by atoms with Crippen molar-refractivity contribution in [2.24, 2.45) is 12.0 Å². The van der Waals surface area contributed by atoms with Gasteiger partial charge in [-0.05, 0) is 67.6 Å². The van der Waals surface area contributed by atoms with Gasteiger partial charge in [-0.25, -0.2) is 0 Å². The summed E-state index contributed by atoms with van der Waals surface area (Å²) in [6.45, 7) is 8.36. The van der Waals surface area contributed by atoms with Crippen molar-refractivity contribution in [2.45, 2.75) is 34.1 Å². The largest absolute Gasteiger partial charge is 0.319 e. The van der Waals surface area contributed by atoms with E-state index in [4.69, 9.17) is 0 Å². The molecule has 3 aromatic rings. The number of benzene rings is 2. The molecule has 2 aromatic carbocycles. The fourth-order valence-corrected chi connectivity index (χ4v) is 3.84. The highest BCUT2D eigenvalue weighted by Gasteiger charge is 2.08. The maximum atomic E-state index is 12.4. The van der Waals surface area contributed by atoms with Crippen LogP contribution >= 0.6 is 11.3 Å². The van der Waals surface area contributed by atoms with Crippen molar-refractivity contribution in [3.8, 4) is 0 Å². The fourth-order valence-electron chi connectivity index (χ4n) is 2.72. The van der Waals surface area contributed by atoms with Crippen LogP contribution < -0.4 is 4.80 Å². The molecule has 0 bridgehead atoms. The van der Waals surface area contributed by atoms with Crippen LogP contribution in [-0.4, -0.2) is 10.5 Å². The number of carbonyl (C=O) groups is 1. The number of hydrogen-bond acceptors (Lipinski definition) is 2. The van der Waals surface area contributed by atoms with E-state index in [2.05, 4.69) is 57.0 Å². The molecule has 4 heteroatoms. The van der Waals surface area contributed by atoms with E-state index in [1.54, 1.807) is 11.3 Å². The third-order valence-electron chi connectivity index (χ3n) is 4.57. The summed E-state index contributed by atoms with van der Waals surface area (Å²) in [6, 6.07) is 10.5. The minimum absolute atomic E-state index is 0.103. The van der Waals surface area contributed by atoms with Crippen LogP contribution in [0.25, 0.3) is 10.2 Å². The van der Waals surface area contributed by atoms with E-state index in [0.717, 1.165) is 15.9 Å². The van der Waals surface area contributed by atoms with Gasteiger partial charge in [0, 0.05) is 7.05 Å². The van der Waals surface area contributed by atoms with Gasteiger partial charge in [0.1, 0.15) is 0 Å². The second-order valence-electron chi connectivity index (χ2n) is 6.45. The normalized spacial score (nSPS) is 12.1. The first-order chi connectivity index (χ1) is 11.3. The summed E-state index contributed by atoms with van der Waals surface area (Å²) in [5.74, 6) is -0.103. The van der Waals surface area contributed by atoms with Crippen LogP contribution in [0.5, 0.6) is 0 Å². The van der Waals surface area contributed by atoms with Gasteiger partial charge in [-0.1, -0.05) is 29.5 Å². The van der Waals surface area contributed by atoms with E-state index in [1.165, 1.54) is 27.0 Å². The van der Waals surface area contributed by atoms with Crippen molar-refractivity contribution in [3.05, 3.63) is 63.0 Å². The molecule has 0 aliphatic rings. The van der Waals surface area contributed by atoms with E-state index < -0.39 is 0 Å². The Balaban J connectivity index is 1.95. The summed E-state index contributed by atoms with van der Waals surface area (Å²) < 4.78 is 3.17. The molecule has 24 heavy (non-hydrogen) atoms. The van der Waals surface area contributed by atoms with Crippen molar-refractivity contribution in [1.82, 2.24) is 4.57 Å². The van der Waals surface area contributed by atoms with Crippen molar-refractivity contribution in [1.29, 1.82) is 0 Å². The van der Waals surface area contributed by atoms with Crippen LogP contribution in [0.2, 0.25) is 0 Å². The number of fused-ring (bicyclic) bond motifs is 1. The van der Waals surface area contributed by atoms with E-state index in [1.807, 2.05) is 17.7 Å². The highest BCUT2D eigenvalue weighted by molar-refractivity contribution is 7.16. The van der Waals surface area contributed by atoms with Gasteiger partial charge in [0.15, 0.2) is 4.80 Å². The minimum Gasteiger partial charge on any atom is -0.319 e. The van der Waals surface area contributed by atoms with Crippen LogP contribution in [0, 0.1) is 27.7 Å². The predicted molar refractivity (Wildman–Crippen MR) is 100 cm³/mol. The van der Waals surface area contributed by atoms with Crippen molar-refractivity contribution in [2.75, 3.05) is 0 Å². The molecular weight excluding hydrogens is 316 g/mol. The Morgan fingerprint density at radius 3 is 2.38 bits per heavy atom. The molecule has 0 atom stereocenters. The first kappa shape index (κ1) is 16.7. The third-order valence-corrected chi connectivity index (χ3v) is 5.67. The van der Waals surface area contributed by atoms with Crippen LogP contribution in [0.4, 0.5) is 0 Å². The zero-order chi connectivity index (χ0) is 17.4. The number of aryl methyl sites for hydroxylation is 5. The lowest BCUT2D eigenvalue weighted by Crippen LogP contribution is -2.14. The van der Waals surface area contributed by atoms with Gasteiger partial charge in [0.2, 0.25) is 0 Å². The number of thiazole rings is 1. The summed E-state index contributed by atoms with van der Waals surface area (Å²) in [6.07, 6.45) is 0.341. The smallest absolute Gasteiger partial charge is 0.252 e. The van der Waals surface area contributed by atoms with Gasteiger partial charge >= 0.3 is 0 Å². The predicted octanol–water partition coefficient (Wildman–Crippen LogP) is 4.14. The Kier molecular flexibility index (Phi) is 4.41. The van der Waals surface area contributed by atoms with Gasteiger partial charge in [-0.2, -0.15) is 4.99 Å². The lowest BCUT2D eigenvalue weighted by atomic mass is 10.0. The van der Waals surface area contributed by atoms with Crippen LogP contribution in [0.15, 0.2) is 35.3 Å². The molecule has 0 aliphatic carbocycles. The van der Waals surface area contributed by atoms with Crippen LogP contribution in [0.1, 0.15) is 27.8 Å². The summed E-state index contributed by atoms with van der Waals surface area (Å²) in [5, 5.41) is 0. The number of rotatable bonds is 2. The highest BCUT2D eigenvalue weighted by atomic mass is 32.1. The molecule has 124 valence electrons. The number of carbonyl (C=O) groups excluding carboxylic acids is 1. The summed E-state index contributed by atoms with van der Waals surface area (Å²) >= 11 is 1.57. The minimum atomic E-state index is -0.103. The molecule has 0 saturated carbocycles. The van der Waals surface area contributed by atoms with E-state index in [9.17, 15) is 4.79 Å². The average Bonchev–Trinajstić information content (AvgIpc) is 2.80. The molecule has 0 saturated heterocycles. The molecule has 1 heterocycles. The number of aromatic nitrogens is 1. The van der Waals surface area contributed by atoms with Gasteiger partial charge < -0.3 is 4.57 Å².